The molecule has 1 aliphatic rings. The average molecular weight is 429 g/mol. The molecule has 0 radical (unpaired) electrons. The molecule has 0 aliphatic carbocycles. The maximum atomic E-state index is 12.7. The minimum Gasteiger partial charge on any atom is -0.489 e. The highest BCUT2D eigenvalue weighted by Crippen LogP contribution is 2.32. The molecule has 1 aliphatic heterocycles. The van der Waals surface area contributed by atoms with E-state index in [1.165, 1.54) is 0 Å². The van der Waals surface area contributed by atoms with Gasteiger partial charge in [0.2, 0.25) is 0 Å². The van der Waals surface area contributed by atoms with Crippen LogP contribution in [0.1, 0.15) is 21.5 Å². The van der Waals surface area contributed by atoms with Crippen molar-refractivity contribution in [2.24, 2.45) is 0 Å². The highest BCUT2D eigenvalue weighted by molar-refractivity contribution is 8.18. The summed E-state index contributed by atoms with van der Waals surface area (Å²) in [5.74, 6) is -0.0774. The molecule has 1 heterocycles. The summed E-state index contributed by atoms with van der Waals surface area (Å²) in [6.45, 7) is 0.161. The summed E-state index contributed by atoms with van der Waals surface area (Å²) in [6, 6.07) is 25.7. The predicted octanol–water partition coefficient (Wildman–Crippen LogP) is 5.18. The maximum Gasteiger partial charge on any atom is 0.293 e. The predicted molar refractivity (Wildman–Crippen MR) is 121 cm³/mol. The van der Waals surface area contributed by atoms with E-state index in [9.17, 15) is 14.4 Å². The van der Waals surface area contributed by atoms with Gasteiger partial charge in [-0.2, -0.15) is 0 Å². The van der Waals surface area contributed by atoms with Crippen LogP contribution in [0.5, 0.6) is 5.75 Å². The molecule has 0 N–H and O–H groups in total. The van der Waals surface area contributed by atoms with Crippen molar-refractivity contribution >= 4 is 34.8 Å². The van der Waals surface area contributed by atoms with Crippen molar-refractivity contribution in [1.82, 2.24) is 4.90 Å². The first kappa shape index (κ1) is 20.6. The number of rotatable bonds is 7. The third-order valence-corrected chi connectivity index (χ3v) is 5.58. The molecular formula is C25H19NO4S. The molecule has 2 amide bonds. The fourth-order valence-corrected chi connectivity index (χ4v) is 3.92. The number of amides is 2. The monoisotopic (exact) mass is 429 g/mol. The highest BCUT2D eigenvalue weighted by Gasteiger charge is 2.36. The summed E-state index contributed by atoms with van der Waals surface area (Å²) in [5, 5.41) is -0.447. The van der Waals surface area contributed by atoms with Crippen LogP contribution < -0.4 is 4.74 Å². The normalized spacial score (nSPS) is 14.8. The summed E-state index contributed by atoms with van der Waals surface area (Å²) >= 11 is 0.835. The van der Waals surface area contributed by atoms with E-state index in [1.54, 1.807) is 36.4 Å². The van der Waals surface area contributed by atoms with Crippen LogP contribution in [-0.2, 0) is 11.4 Å². The molecular weight excluding hydrogens is 410 g/mol. The summed E-state index contributed by atoms with van der Waals surface area (Å²) in [6.07, 6.45) is 1.65. The fourth-order valence-electron chi connectivity index (χ4n) is 3.08. The van der Waals surface area contributed by atoms with Crippen LogP contribution >= 0.6 is 11.8 Å². The Hall–Kier alpha value is -3.64. The number of hydrogen-bond acceptors (Lipinski definition) is 5. The Morgan fingerprint density at radius 2 is 1.61 bits per heavy atom. The number of nitrogens with zero attached hydrogens (tertiary/aromatic N) is 1. The van der Waals surface area contributed by atoms with Crippen molar-refractivity contribution in [3.8, 4) is 5.75 Å². The second-order valence-corrected chi connectivity index (χ2v) is 7.90. The molecule has 3 aromatic rings. The van der Waals surface area contributed by atoms with E-state index in [2.05, 4.69) is 0 Å². The Bertz CT molecular complexity index is 1140. The van der Waals surface area contributed by atoms with Crippen LogP contribution in [0.4, 0.5) is 4.79 Å². The molecule has 0 spiro atoms. The molecule has 1 saturated heterocycles. The highest BCUT2D eigenvalue weighted by atomic mass is 32.2. The quantitative estimate of drug-likeness (QED) is 0.382. The van der Waals surface area contributed by atoms with Gasteiger partial charge in [-0.1, -0.05) is 72.8 Å². The van der Waals surface area contributed by atoms with E-state index in [1.807, 2.05) is 54.6 Å². The van der Waals surface area contributed by atoms with Crippen LogP contribution in [-0.4, -0.2) is 28.4 Å². The number of hydrogen-bond donors (Lipinski definition) is 0. The van der Waals surface area contributed by atoms with Gasteiger partial charge in [-0.05, 0) is 41.1 Å². The Kier molecular flexibility index (Phi) is 6.29. The van der Waals surface area contributed by atoms with Crippen LogP contribution in [0, 0.1) is 0 Å². The van der Waals surface area contributed by atoms with Crippen molar-refractivity contribution in [3.05, 3.63) is 107 Å². The second kappa shape index (κ2) is 9.45. The van der Waals surface area contributed by atoms with Crippen LogP contribution in [0.15, 0.2) is 89.8 Å². The van der Waals surface area contributed by atoms with E-state index in [-0.39, 0.29) is 17.2 Å². The van der Waals surface area contributed by atoms with Crippen LogP contribution in [0.25, 0.3) is 6.08 Å². The summed E-state index contributed by atoms with van der Waals surface area (Å²) in [4.78, 5) is 38.7. The molecule has 1 fully saturated rings. The van der Waals surface area contributed by atoms with E-state index in [4.69, 9.17) is 4.74 Å². The number of thioether (sulfide) groups is 1. The zero-order chi connectivity index (χ0) is 21.6. The SMILES string of the molecule is O=C(CN1C(=O)S/C(=C/c2cccc(OCc3ccccc3)c2)C1=O)c1ccccc1. The van der Waals surface area contributed by atoms with Gasteiger partial charge in [-0.15, -0.1) is 0 Å². The van der Waals surface area contributed by atoms with E-state index < -0.39 is 11.1 Å². The van der Waals surface area contributed by atoms with Crippen molar-refractivity contribution in [3.63, 3.8) is 0 Å². The lowest BCUT2D eigenvalue weighted by molar-refractivity contribution is -0.122. The lowest BCUT2D eigenvalue weighted by atomic mass is 10.1. The topological polar surface area (TPSA) is 63.7 Å². The van der Waals surface area contributed by atoms with Gasteiger partial charge in [0.15, 0.2) is 5.78 Å². The summed E-state index contributed by atoms with van der Waals surface area (Å²) < 4.78 is 5.82. The van der Waals surface area contributed by atoms with E-state index >= 15 is 0 Å². The third-order valence-electron chi connectivity index (χ3n) is 4.68. The van der Waals surface area contributed by atoms with Gasteiger partial charge in [0.05, 0.1) is 11.4 Å². The standard InChI is InChI=1S/C25H19NO4S/c27-22(20-11-5-2-6-12-20)16-26-24(28)23(31-25(26)29)15-19-10-7-13-21(14-19)30-17-18-8-3-1-4-9-18/h1-15H,16-17H2/b23-15+. The first-order chi connectivity index (χ1) is 15.1. The van der Waals surface area contributed by atoms with Gasteiger partial charge >= 0.3 is 0 Å². The maximum absolute atomic E-state index is 12.7. The summed E-state index contributed by atoms with van der Waals surface area (Å²) in [5.41, 5.74) is 2.26. The first-order valence-electron chi connectivity index (χ1n) is 9.70. The van der Waals surface area contributed by atoms with Crippen LogP contribution in [0.3, 0.4) is 0 Å². The zero-order valence-electron chi connectivity index (χ0n) is 16.6. The number of Topliss-reactive ketones (excluding diaryl/α,β-unsaturated/α-hetero) is 1. The third kappa shape index (κ3) is 5.10. The molecule has 154 valence electrons. The van der Waals surface area contributed by atoms with Crippen molar-refractivity contribution in [1.29, 1.82) is 0 Å². The minimum atomic E-state index is -0.463. The number of carbonyl (C=O) groups excluding carboxylic acids is 3. The Balaban J connectivity index is 1.44. The molecule has 0 aromatic heterocycles. The molecule has 0 atom stereocenters. The number of carbonyl (C=O) groups is 3. The van der Waals surface area contributed by atoms with Gasteiger partial charge in [-0.25, -0.2) is 0 Å². The number of ketones is 1. The Morgan fingerprint density at radius 1 is 0.903 bits per heavy atom. The smallest absolute Gasteiger partial charge is 0.293 e. The van der Waals surface area contributed by atoms with Gasteiger partial charge in [0.1, 0.15) is 12.4 Å². The molecule has 31 heavy (non-hydrogen) atoms. The molecule has 6 heteroatoms. The lowest BCUT2D eigenvalue weighted by Crippen LogP contribution is -2.33. The van der Waals surface area contributed by atoms with E-state index in [0.717, 1.165) is 27.8 Å². The van der Waals surface area contributed by atoms with Crippen molar-refractivity contribution in [2.45, 2.75) is 6.61 Å². The van der Waals surface area contributed by atoms with Gasteiger partial charge in [0, 0.05) is 5.56 Å². The first-order valence-corrected chi connectivity index (χ1v) is 10.5. The molecule has 0 bridgehead atoms. The number of ether oxygens (including phenoxy) is 1. The van der Waals surface area contributed by atoms with Gasteiger partial charge < -0.3 is 4.74 Å². The van der Waals surface area contributed by atoms with Crippen molar-refractivity contribution < 1.29 is 19.1 Å². The lowest BCUT2D eigenvalue weighted by Gasteiger charge is -2.11. The van der Waals surface area contributed by atoms with Crippen LogP contribution in [0.2, 0.25) is 0 Å². The van der Waals surface area contributed by atoms with E-state index in [0.29, 0.717) is 17.9 Å². The van der Waals surface area contributed by atoms with Crippen molar-refractivity contribution in [2.75, 3.05) is 6.54 Å². The largest absolute Gasteiger partial charge is 0.489 e. The molecule has 4 rings (SSSR count). The summed E-state index contributed by atoms with van der Waals surface area (Å²) in [7, 11) is 0. The average Bonchev–Trinajstić information content (AvgIpc) is 3.06. The fraction of sp³-hybridized carbons (Fsp3) is 0.0800. The molecule has 3 aromatic carbocycles. The number of imide groups is 1. The zero-order valence-corrected chi connectivity index (χ0v) is 17.4. The molecule has 0 unspecified atom stereocenters. The van der Waals surface area contributed by atoms with Gasteiger partial charge in [-0.3, -0.25) is 19.3 Å². The number of benzene rings is 3. The Labute approximate surface area is 184 Å². The van der Waals surface area contributed by atoms with Gasteiger partial charge in [0.25, 0.3) is 11.1 Å². The molecule has 5 nitrogen and oxygen atoms in total. The Morgan fingerprint density at radius 3 is 2.35 bits per heavy atom. The molecule has 0 saturated carbocycles. The minimum absolute atomic E-state index is 0.272. The second-order valence-electron chi connectivity index (χ2n) is 6.90.